The summed E-state index contributed by atoms with van der Waals surface area (Å²) in [6.07, 6.45) is 0. The summed E-state index contributed by atoms with van der Waals surface area (Å²) in [6, 6.07) is 64.3. The average Bonchev–Trinajstić information content (AvgIpc) is 4.02. The standard InChI is InChI=1S/C63H36N4/c1-63(2)43-23-11-12-25-45(43)66-48-28-42-56-46(26-31(29-64)49-51-33-14-3-7-18-37(33)53(58(49)56)38-19-8-4-15-34(38)51)67-47-27-32(30-65)50-52-35-16-5-9-20-39(35)54(40-21-10-6-17-36(40)52)59(50)57(47)60(62(42)67)55(48)41-22-13-24-44(63)61(41)66/h3-28,51-54H,1-2H3. The Morgan fingerprint density at radius 2 is 0.851 bits per heavy atom. The number of hydrogen-bond acceptors (Lipinski definition) is 2. The molecule has 308 valence electrons. The summed E-state index contributed by atoms with van der Waals surface area (Å²) >= 11 is 0. The smallest absolute Gasteiger partial charge is 0.0995 e. The van der Waals surface area contributed by atoms with E-state index in [9.17, 15) is 10.5 Å². The molecule has 0 amide bonds. The first-order valence-electron chi connectivity index (χ1n) is 23.6. The van der Waals surface area contributed by atoms with E-state index in [0.717, 1.165) is 33.3 Å². The quantitative estimate of drug-likeness (QED) is 0.153. The molecular formula is C63H36N4. The summed E-state index contributed by atoms with van der Waals surface area (Å²) < 4.78 is 5.07. The van der Waals surface area contributed by atoms with Crippen LogP contribution in [0.5, 0.6) is 0 Å². The Morgan fingerprint density at radius 3 is 1.37 bits per heavy atom. The van der Waals surface area contributed by atoms with E-state index >= 15 is 0 Å². The van der Waals surface area contributed by atoms with Gasteiger partial charge in [0.15, 0.2) is 0 Å². The first-order chi connectivity index (χ1) is 33.0. The Kier molecular flexibility index (Phi) is 5.89. The topological polar surface area (TPSA) is 56.9 Å². The van der Waals surface area contributed by atoms with Gasteiger partial charge in [0.1, 0.15) is 0 Å². The lowest BCUT2D eigenvalue weighted by atomic mass is 9.59. The minimum atomic E-state index is -0.222. The SMILES string of the molecule is CC1(C)c2ccccc2-n2c3cc4c5c6c(c(C#N)cc5n5c7cc(C#N)c8c(c7c(c3c3cccc1c32)c45)C1c2ccccc2C8c2ccccc21)C1c2ccccc2C6c2ccccc21. The van der Waals surface area contributed by atoms with E-state index in [0.29, 0.717) is 0 Å². The van der Waals surface area contributed by atoms with Gasteiger partial charge in [0.25, 0.3) is 0 Å². The zero-order valence-corrected chi connectivity index (χ0v) is 36.6. The van der Waals surface area contributed by atoms with Crippen LogP contribution in [0.15, 0.2) is 158 Å². The summed E-state index contributed by atoms with van der Waals surface area (Å²) in [6.45, 7) is 4.76. The van der Waals surface area contributed by atoms with Crippen LogP contribution in [0.1, 0.15) is 127 Å². The predicted octanol–water partition coefficient (Wildman–Crippen LogP) is 14.3. The van der Waals surface area contributed by atoms with E-state index in [1.54, 1.807) is 0 Å². The molecule has 1 aliphatic heterocycles. The zero-order chi connectivity index (χ0) is 43.9. The summed E-state index contributed by atoms with van der Waals surface area (Å²) in [5, 5.41) is 30.2. The molecule has 0 saturated carbocycles. The second-order valence-corrected chi connectivity index (χ2v) is 20.3. The normalized spacial score (nSPS) is 19.3. The van der Waals surface area contributed by atoms with E-state index in [4.69, 9.17) is 0 Å². The largest absolute Gasteiger partial charge is 0.309 e. The van der Waals surface area contributed by atoms with Crippen LogP contribution in [-0.2, 0) is 5.41 Å². The number of rotatable bonds is 0. The van der Waals surface area contributed by atoms with E-state index in [1.165, 1.54) is 121 Å². The molecular weight excluding hydrogens is 813 g/mol. The van der Waals surface area contributed by atoms with Crippen molar-refractivity contribution in [3.8, 4) is 17.8 Å². The van der Waals surface area contributed by atoms with Gasteiger partial charge in [-0.3, -0.25) is 0 Å². The van der Waals surface area contributed by atoms with Crippen LogP contribution in [0.25, 0.3) is 65.6 Å². The molecule has 4 heteroatoms. The summed E-state index contributed by atoms with van der Waals surface area (Å²) in [7, 11) is 0. The fraction of sp³-hybridized carbons (Fsp3) is 0.111. The van der Waals surface area contributed by atoms with Gasteiger partial charge in [-0.1, -0.05) is 147 Å². The summed E-state index contributed by atoms with van der Waals surface area (Å²) in [4.78, 5) is 0. The zero-order valence-electron chi connectivity index (χ0n) is 36.6. The molecule has 4 nitrogen and oxygen atoms in total. The van der Waals surface area contributed by atoms with Crippen molar-refractivity contribution in [2.75, 3.05) is 0 Å². The minimum Gasteiger partial charge on any atom is -0.309 e. The lowest BCUT2D eigenvalue weighted by Gasteiger charge is -2.43. The Labute approximate surface area is 385 Å². The maximum atomic E-state index is 11.4. The van der Waals surface area contributed by atoms with E-state index in [-0.39, 0.29) is 29.1 Å². The monoisotopic (exact) mass is 848 g/mol. The van der Waals surface area contributed by atoms with Gasteiger partial charge in [-0.2, -0.15) is 10.5 Å². The van der Waals surface area contributed by atoms with Crippen molar-refractivity contribution in [3.63, 3.8) is 0 Å². The number of benzene rings is 9. The first kappa shape index (κ1) is 34.9. The number of hydrogen-bond donors (Lipinski definition) is 0. The molecule has 3 aromatic heterocycles. The van der Waals surface area contributed by atoms with Crippen molar-refractivity contribution in [2.24, 2.45) is 0 Å². The maximum Gasteiger partial charge on any atom is 0.0995 e. The highest BCUT2D eigenvalue weighted by Gasteiger charge is 2.47. The van der Waals surface area contributed by atoms with E-state index in [2.05, 4.69) is 193 Å². The third kappa shape index (κ3) is 3.65. The van der Waals surface area contributed by atoms with Crippen molar-refractivity contribution >= 4 is 59.9 Å². The van der Waals surface area contributed by atoms with Crippen LogP contribution in [0.2, 0.25) is 0 Å². The van der Waals surface area contributed by atoms with Crippen LogP contribution in [-0.4, -0.2) is 8.97 Å². The number of nitrogens with zero attached hydrogens (tertiary/aromatic N) is 4. The van der Waals surface area contributed by atoms with Crippen molar-refractivity contribution in [2.45, 2.75) is 42.9 Å². The fourth-order valence-electron chi connectivity index (χ4n) is 15.1. The number of fused-ring (bicyclic) bond motifs is 12. The molecule has 0 N–H and O–H groups in total. The Morgan fingerprint density at radius 1 is 0.403 bits per heavy atom. The molecule has 7 aliphatic rings. The predicted molar refractivity (Wildman–Crippen MR) is 267 cm³/mol. The van der Waals surface area contributed by atoms with Gasteiger partial charge in [-0.05, 0) is 102 Å². The molecule has 0 radical (unpaired) electrons. The van der Waals surface area contributed by atoms with Gasteiger partial charge >= 0.3 is 0 Å². The molecule has 0 atom stereocenters. The van der Waals surface area contributed by atoms with Gasteiger partial charge in [0.05, 0.1) is 56.5 Å². The number of nitriles is 2. The summed E-state index contributed by atoms with van der Waals surface area (Å²) in [5.41, 5.74) is 26.1. The molecule has 19 rings (SSSR count). The molecule has 9 aromatic carbocycles. The van der Waals surface area contributed by atoms with Gasteiger partial charge in [0.2, 0.25) is 0 Å². The van der Waals surface area contributed by atoms with Gasteiger partial charge in [-0.25, -0.2) is 0 Å². The molecule has 6 aliphatic carbocycles. The third-order valence-corrected chi connectivity index (χ3v) is 17.4. The van der Waals surface area contributed by atoms with Crippen LogP contribution in [0.3, 0.4) is 0 Å². The van der Waals surface area contributed by atoms with Gasteiger partial charge in [0, 0.05) is 61.4 Å². The van der Waals surface area contributed by atoms with Crippen LogP contribution < -0.4 is 0 Å². The molecule has 0 spiro atoms. The molecule has 0 saturated heterocycles. The molecule has 12 aromatic rings. The average molecular weight is 849 g/mol. The maximum absolute atomic E-state index is 11.4. The highest BCUT2D eigenvalue weighted by Crippen LogP contribution is 2.63. The lowest BCUT2D eigenvalue weighted by Crippen LogP contribution is -2.28. The molecule has 4 bridgehead atoms. The molecule has 67 heavy (non-hydrogen) atoms. The van der Waals surface area contributed by atoms with Crippen molar-refractivity contribution in [1.29, 1.82) is 10.5 Å². The Balaban J connectivity index is 1.16. The van der Waals surface area contributed by atoms with E-state index in [1.807, 2.05) is 0 Å². The van der Waals surface area contributed by atoms with Crippen LogP contribution >= 0.6 is 0 Å². The van der Waals surface area contributed by atoms with Crippen molar-refractivity contribution < 1.29 is 0 Å². The second-order valence-electron chi connectivity index (χ2n) is 20.3. The number of aromatic nitrogens is 2. The molecule has 0 fully saturated rings. The Hall–Kier alpha value is -8.44. The molecule has 4 heterocycles. The highest BCUT2D eigenvalue weighted by molar-refractivity contribution is 6.37. The van der Waals surface area contributed by atoms with E-state index < -0.39 is 0 Å². The lowest BCUT2D eigenvalue weighted by molar-refractivity contribution is 0.630. The Bertz CT molecular complexity index is 4390. The van der Waals surface area contributed by atoms with Crippen LogP contribution in [0.4, 0.5) is 0 Å². The van der Waals surface area contributed by atoms with Crippen molar-refractivity contribution in [1.82, 2.24) is 8.97 Å². The second kappa shape index (κ2) is 11.3. The van der Waals surface area contributed by atoms with Gasteiger partial charge in [-0.15, -0.1) is 0 Å². The minimum absolute atomic E-state index is 0.0416. The van der Waals surface area contributed by atoms with Crippen LogP contribution in [0, 0.1) is 22.7 Å². The number of para-hydroxylation sites is 2. The summed E-state index contributed by atoms with van der Waals surface area (Å²) in [5.74, 6) is -0.208. The van der Waals surface area contributed by atoms with Crippen molar-refractivity contribution in [3.05, 3.63) is 247 Å². The first-order valence-corrected chi connectivity index (χ1v) is 23.6. The van der Waals surface area contributed by atoms with Gasteiger partial charge < -0.3 is 8.97 Å². The molecule has 0 unspecified atom stereocenters. The fourth-order valence-corrected chi connectivity index (χ4v) is 15.1. The highest BCUT2D eigenvalue weighted by atomic mass is 15.0. The third-order valence-electron chi connectivity index (χ3n) is 17.4.